The van der Waals surface area contributed by atoms with Gasteiger partial charge in [-0.05, 0) is 24.3 Å². The maximum absolute atomic E-state index is 11.6. The monoisotopic (exact) mass is 259 g/mol. The fraction of sp³-hybridized carbons (Fsp3) is 0.154. The first-order chi connectivity index (χ1) is 9.22. The molecule has 2 aromatic rings. The predicted octanol–water partition coefficient (Wildman–Crippen LogP) is 0.282. The summed E-state index contributed by atoms with van der Waals surface area (Å²) in [5.41, 5.74) is 1.26. The van der Waals surface area contributed by atoms with E-state index < -0.39 is 11.8 Å². The lowest BCUT2D eigenvalue weighted by molar-refractivity contribution is -0.136. The number of amides is 2. The molecule has 3 N–H and O–H groups in total. The molecular weight excluding hydrogens is 246 g/mol. The van der Waals surface area contributed by atoms with Gasteiger partial charge in [-0.2, -0.15) is 0 Å². The molecular formula is C13H13N3O3. The van der Waals surface area contributed by atoms with Crippen LogP contribution < -0.4 is 10.6 Å². The molecule has 0 saturated heterocycles. The molecule has 98 valence electrons. The minimum Gasteiger partial charge on any atom is -0.395 e. The van der Waals surface area contributed by atoms with Gasteiger partial charge in [0.15, 0.2) is 0 Å². The average molecular weight is 259 g/mol. The van der Waals surface area contributed by atoms with Gasteiger partial charge in [0.05, 0.1) is 17.8 Å². The highest BCUT2D eigenvalue weighted by atomic mass is 16.3. The minimum absolute atomic E-state index is 0.0450. The molecule has 0 atom stereocenters. The second-order valence-electron chi connectivity index (χ2n) is 3.81. The maximum atomic E-state index is 11.6. The quantitative estimate of drug-likeness (QED) is 0.690. The normalized spacial score (nSPS) is 10.2. The fourth-order valence-electron chi connectivity index (χ4n) is 1.64. The van der Waals surface area contributed by atoms with Gasteiger partial charge in [-0.25, -0.2) is 0 Å². The van der Waals surface area contributed by atoms with Crippen molar-refractivity contribution in [2.75, 3.05) is 18.5 Å². The highest BCUT2D eigenvalue weighted by molar-refractivity contribution is 6.40. The lowest BCUT2D eigenvalue weighted by Gasteiger charge is -2.08. The summed E-state index contributed by atoms with van der Waals surface area (Å²) >= 11 is 0. The summed E-state index contributed by atoms with van der Waals surface area (Å²) in [6, 6.07) is 8.82. The van der Waals surface area contributed by atoms with Crippen molar-refractivity contribution in [3.05, 3.63) is 36.5 Å². The van der Waals surface area contributed by atoms with Gasteiger partial charge < -0.3 is 15.7 Å². The molecule has 1 heterocycles. The van der Waals surface area contributed by atoms with E-state index in [4.69, 9.17) is 5.11 Å². The minimum atomic E-state index is -0.782. The summed E-state index contributed by atoms with van der Waals surface area (Å²) in [5, 5.41) is 14.1. The van der Waals surface area contributed by atoms with Crippen LogP contribution in [0.5, 0.6) is 0 Å². The molecule has 2 rings (SSSR count). The van der Waals surface area contributed by atoms with Crippen molar-refractivity contribution in [1.29, 1.82) is 0 Å². The molecule has 19 heavy (non-hydrogen) atoms. The third-order valence-corrected chi connectivity index (χ3v) is 2.50. The van der Waals surface area contributed by atoms with Gasteiger partial charge in [0.1, 0.15) is 0 Å². The molecule has 6 nitrogen and oxygen atoms in total. The van der Waals surface area contributed by atoms with Crippen molar-refractivity contribution >= 4 is 28.4 Å². The smallest absolute Gasteiger partial charge is 0.313 e. The largest absolute Gasteiger partial charge is 0.395 e. The third-order valence-electron chi connectivity index (χ3n) is 2.50. The van der Waals surface area contributed by atoms with Crippen LogP contribution >= 0.6 is 0 Å². The SMILES string of the molecule is O=C(NCCO)C(=O)Nc1cccc2ncccc12. The van der Waals surface area contributed by atoms with Crippen LogP contribution in [-0.2, 0) is 9.59 Å². The number of anilines is 1. The van der Waals surface area contributed by atoms with Crippen molar-refractivity contribution in [3.8, 4) is 0 Å². The summed E-state index contributed by atoms with van der Waals surface area (Å²) in [5.74, 6) is -1.56. The highest BCUT2D eigenvalue weighted by Gasteiger charge is 2.14. The number of fused-ring (bicyclic) bond motifs is 1. The van der Waals surface area contributed by atoms with Crippen molar-refractivity contribution in [2.24, 2.45) is 0 Å². The van der Waals surface area contributed by atoms with E-state index in [1.54, 1.807) is 24.4 Å². The zero-order chi connectivity index (χ0) is 13.7. The number of hydrogen-bond donors (Lipinski definition) is 3. The summed E-state index contributed by atoms with van der Waals surface area (Å²) in [6.45, 7) is -0.166. The summed E-state index contributed by atoms with van der Waals surface area (Å²) < 4.78 is 0. The zero-order valence-corrected chi connectivity index (χ0v) is 10.1. The Bertz CT molecular complexity index is 608. The number of benzene rings is 1. The molecule has 0 aliphatic carbocycles. The molecule has 0 aliphatic rings. The highest BCUT2D eigenvalue weighted by Crippen LogP contribution is 2.20. The lowest BCUT2D eigenvalue weighted by atomic mass is 10.2. The van der Waals surface area contributed by atoms with Crippen LogP contribution in [0.4, 0.5) is 5.69 Å². The van der Waals surface area contributed by atoms with Gasteiger partial charge in [0.25, 0.3) is 0 Å². The summed E-state index contributed by atoms with van der Waals surface area (Å²) in [7, 11) is 0. The summed E-state index contributed by atoms with van der Waals surface area (Å²) in [4.78, 5) is 27.2. The maximum Gasteiger partial charge on any atom is 0.313 e. The number of rotatable bonds is 3. The third kappa shape index (κ3) is 3.05. The molecule has 6 heteroatoms. The van der Waals surface area contributed by atoms with Crippen LogP contribution in [0.15, 0.2) is 36.5 Å². The van der Waals surface area contributed by atoms with Crippen LogP contribution in [0.3, 0.4) is 0 Å². The van der Waals surface area contributed by atoms with E-state index in [9.17, 15) is 9.59 Å². The van der Waals surface area contributed by atoms with Crippen LogP contribution in [0.1, 0.15) is 0 Å². The number of aliphatic hydroxyl groups is 1. The number of aliphatic hydroxyl groups excluding tert-OH is 1. The predicted molar refractivity (Wildman–Crippen MR) is 70.5 cm³/mol. The Morgan fingerprint density at radius 2 is 2.00 bits per heavy atom. The van der Waals surface area contributed by atoms with Crippen LogP contribution in [0.25, 0.3) is 10.9 Å². The Labute approximate surface area is 109 Å². The molecule has 0 saturated carbocycles. The van der Waals surface area contributed by atoms with E-state index in [1.165, 1.54) is 0 Å². The Morgan fingerprint density at radius 3 is 2.79 bits per heavy atom. The Kier molecular flexibility index (Phi) is 4.04. The fourth-order valence-corrected chi connectivity index (χ4v) is 1.64. The van der Waals surface area contributed by atoms with Gasteiger partial charge in [-0.15, -0.1) is 0 Å². The molecule has 0 fully saturated rings. The molecule has 1 aromatic heterocycles. The molecule has 0 unspecified atom stereocenters. The number of nitrogens with one attached hydrogen (secondary N) is 2. The van der Waals surface area contributed by atoms with E-state index in [2.05, 4.69) is 15.6 Å². The Hall–Kier alpha value is -2.47. The van der Waals surface area contributed by atoms with Gasteiger partial charge in [-0.3, -0.25) is 14.6 Å². The molecule has 0 aliphatic heterocycles. The summed E-state index contributed by atoms with van der Waals surface area (Å²) in [6.07, 6.45) is 1.65. The van der Waals surface area contributed by atoms with Crippen molar-refractivity contribution in [2.45, 2.75) is 0 Å². The first-order valence-corrected chi connectivity index (χ1v) is 5.76. The van der Waals surface area contributed by atoms with E-state index in [0.29, 0.717) is 5.69 Å². The van der Waals surface area contributed by atoms with Crippen LogP contribution in [0, 0.1) is 0 Å². The van der Waals surface area contributed by atoms with E-state index in [-0.39, 0.29) is 13.2 Å². The second kappa shape index (κ2) is 5.92. The van der Waals surface area contributed by atoms with Crippen molar-refractivity contribution in [1.82, 2.24) is 10.3 Å². The number of aromatic nitrogens is 1. The Balaban J connectivity index is 2.17. The van der Waals surface area contributed by atoms with Gasteiger partial charge in [0.2, 0.25) is 0 Å². The standard InChI is InChI=1S/C13H13N3O3/c17-8-7-15-12(18)13(19)16-11-5-1-4-10-9(11)3-2-6-14-10/h1-6,17H,7-8H2,(H,15,18)(H,16,19). The van der Waals surface area contributed by atoms with Gasteiger partial charge in [-0.1, -0.05) is 6.07 Å². The molecule has 0 bridgehead atoms. The van der Waals surface area contributed by atoms with E-state index in [0.717, 1.165) is 10.9 Å². The molecule has 0 radical (unpaired) electrons. The average Bonchev–Trinajstić information content (AvgIpc) is 2.45. The number of nitrogens with zero attached hydrogens (tertiary/aromatic N) is 1. The number of carbonyl (C=O) groups is 2. The van der Waals surface area contributed by atoms with Crippen molar-refractivity contribution in [3.63, 3.8) is 0 Å². The topological polar surface area (TPSA) is 91.3 Å². The molecule has 0 spiro atoms. The number of carbonyl (C=O) groups excluding carboxylic acids is 2. The first kappa shape index (κ1) is 13.0. The van der Waals surface area contributed by atoms with E-state index in [1.807, 2.05) is 12.1 Å². The molecule has 1 aromatic carbocycles. The van der Waals surface area contributed by atoms with Gasteiger partial charge in [0, 0.05) is 18.1 Å². The van der Waals surface area contributed by atoms with Gasteiger partial charge >= 0.3 is 11.8 Å². The first-order valence-electron chi connectivity index (χ1n) is 5.76. The Morgan fingerprint density at radius 1 is 1.16 bits per heavy atom. The zero-order valence-electron chi connectivity index (χ0n) is 10.1. The van der Waals surface area contributed by atoms with Crippen molar-refractivity contribution < 1.29 is 14.7 Å². The van der Waals surface area contributed by atoms with Crippen LogP contribution in [-0.4, -0.2) is 35.1 Å². The van der Waals surface area contributed by atoms with Crippen LogP contribution in [0.2, 0.25) is 0 Å². The number of pyridine rings is 1. The lowest BCUT2D eigenvalue weighted by Crippen LogP contribution is -2.36. The molecule has 2 amide bonds. The number of hydrogen-bond acceptors (Lipinski definition) is 4. The second-order valence-corrected chi connectivity index (χ2v) is 3.81. The van der Waals surface area contributed by atoms with E-state index >= 15 is 0 Å².